The van der Waals surface area contributed by atoms with Crippen molar-refractivity contribution < 1.29 is 14.4 Å². The number of halogens is 2. The maximum absolute atomic E-state index is 13.2. The highest BCUT2D eigenvalue weighted by Gasteiger charge is 2.37. The lowest BCUT2D eigenvalue weighted by molar-refractivity contribution is -0.122. The zero-order valence-corrected chi connectivity index (χ0v) is 20.4. The Morgan fingerprint density at radius 2 is 1.59 bits per heavy atom. The number of nitrogens with zero attached hydrogens (tertiary/aromatic N) is 1. The number of anilines is 1. The van der Waals surface area contributed by atoms with Crippen molar-refractivity contribution in [1.29, 1.82) is 0 Å². The molecule has 0 spiro atoms. The van der Waals surface area contributed by atoms with Crippen LogP contribution >= 0.6 is 23.2 Å². The number of amides is 4. The summed E-state index contributed by atoms with van der Waals surface area (Å²) in [6.45, 7) is 5.86. The number of hydrogen-bond acceptors (Lipinski definition) is 3. The molecule has 1 saturated heterocycles. The van der Waals surface area contributed by atoms with E-state index < -0.39 is 17.8 Å². The van der Waals surface area contributed by atoms with Crippen molar-refractivity contribution in [1.82, 2.24) is 5.32 Å². The summed E-state index contributed by atoms with van der Waals surface area (Å²) in [5, 5.41) is 3.12. The van der Waals surface area contributed by atoms with Gasteiger partial charge < -0.3 is 0 Å². The molecule has 0 aromatic heterocycles. The Balaban J connectivity index is 1.65. The van der Waals surface area contributed by atoms with Crippen LogP contribution in [0, 0.1) is 20.8 Å². The average molecular weight is 493 g/mol. The number of barbiturate groups is 1. The van der Waals surface area contributed by atoms with E-state index >= 15 is 0 Å². The largest absolute Gasteiger partial charge is 0.335 e. The molecule has 0 radical (unpaired) electrons. The third kappa shape index (κ3) is 4.91. The third-order valence-electron chi connectivity index (χ3n) is 5.58. The zero-order chi connectivity index (χ0) is 24.6. The molecule has 7 heteroatoms. The Morgan fingerprint density at radius 3 is 2.26 bits per heavy atom. The summed E-state index contributed by atoms with van der Waals surface area (Å²) in [6, 6.07) is 15.8. The van der Waals surface area contributed by atoms with Gasteiger partial charge in [-0.1, -0.05) is 70.7 Å². The minimum Gasteiger partial charge on any atom is -0.273 e. The molecule has 0 aliphatic carbocycles. The number of nitrogens with one attached hydrogen (secondary N) is 1. The minimum absolute atomic E-state index is 0.169. The molecule has 1 aliphatic rings. The van der Waals surface area contributed by atoms with Gasteiger partial charge in [0.15, 0.2) is 0 Å². The number of aryl methyl sites for hydroxylation is 3. The quantitative estimate of drug-likeness (QED) is 0.349. The summed E-state index contributed by atoms with van der Waals surface area (Å²) >= 11 is 12.6. The van der Waals surface area contributed by atoms with Crippen molar-refractivity contribution in [3.05, 3.63) is 104 Å². The first kappa shape index (κ1) is 23.7. The second-order valence-corrected chi connectivity index (χ2v) is 9.26. The van der Waals surface area contributed by atoms with E-state index in [4.69, 9.17) is 23.2 Å². The van der Waals surface area contributed by atoms with Crippen LogP contribution in [0.25, 0.3) is 6.08 Å². The summed E-state index contributed by atoms with van der Waals surface area (Å²) in [5.74, 6) is -1.49. The Labute approximate surface area is 208 Å². The van der Waals surface area contributed by atoms with Crippen LogP contribution < -0.4 is 10.2 Å². The van der Waals surface area contributed by atoms with Crippen LogP contribution in [0.3, 0.4) is 0 Å². The summed E-state index contributed by atoms with van der Waals surface area (Å²) in [7, 11) is 0. The molecule has 1 fully saturated rings. The predicted octanol–water partition coefficient (Wildman–Crippen LogP) is 6.18. The van der Waals surface area contributed by atoms with Gasteiger partial charge in [0.05, 0.1) is 5.69 Å². The van der Waals surface area contributed by atoms with E-state index in [9.17, 15) is 14.4 Å². The average Bonchev–Trinajstić information content (AvgIpc) is 2.74. The second kappa shape index (κ2) is 9.45. The summed E-state index contributed by atoms with van der Waals surface area (Å²) in [4.78, 5) is 39.1. The highest BCUT2D eigenvalue weighted by Crippen LogP contribution is 2.29. The Morgan fingerprint density at radius 1 is 0.882 bits per heavy atom. The van der Waals surface area contributed by atoms with Gasteiger partial charge in [0, 0.05) is 10.0 Å². The van der Waals surface area contributed by atoms with Gasteiger partial charge in [0.1, 0.15) is 5.57 Å². The predicted molar refractivity (Wildman–Crippen MR) is 135 cm³/mol. The number of rotatable bonds is 4. The molecule has 0 unspecified atom stereocenters. The first-order valence-electron chi connectivity index (χ1n) is 10.7. The van der Waals surface area contributed by atoms with Crippen molar-refractivity contribution in [2.75, 3.05) is 4.90 Å². The van der Waals surface area contributed by atoms with Crippen LogP contribution in [0.4, 0.5) is 10.5 Å². The molecule has 4 amide bonds. The van der Waals surface area contributed by atoms with Gasteiger partial charge >= 0.3 is 6.03 Å². The van der Waals surface area contributed by atoms with Crippen molar-refractivity contribution >= 4 is 52.8 Å². The van der Waals surface area contributed by atoms with E-state index in [-0.39, 0.29) is 5.57 Å². The number of hydrogen-bond donors (Lipinski definition) is 1. The van der Waals surface area contributed by atoms with Gasteiger partial charge in [0.2, 0.25) is 0 Å². The van der Waals surface area contributed by atoms with E-state index in [2.05, 4.69) is 37.4 Å². The fraction of sp³-hybridized carbons (Fsp3) is 0.148. The number of urea groups is 1. The molecule has 1 N–H and O–H groups in total. The Hall–Kier alpha value is -3.41. The molecule has 0 bridgehead atoms. The highest BCUT2D eigenvalue weighted by molar-refractivity contribution is 6.39. The molecule has 1 aliphatic heterocycles. The number of carbonyl (C=O) groups excluding carboxylic acids is 3. The normalized spacial score (nSPS) is 15.1. The summed E-state index contributed by atoms with van der Waals surface area (Å²) in [6.07, 6.45) is 2.09. The van der Waals surface area contributed by atoms with Gasteiger partial charge in [0.25, 0.3) is 11.8 Å². The third-order valence-corrected chi connectivity index (χ3v) is 6.16. The minimum atomic E-state index is -0.820. The topological polar surface area (TPSA) is 66.5 Å². The number of carbonyl (C=O) groups is 3. The monoisotopic (exact) mass is 492 g/mol. The van der Waals surface area contributed by atoms with Crippen LogP contribution in [0.15, 0.2) is 60.2 Å². The van der Waals surface area contributed by atoms with E-state index in [0.717, 1.165) is 16.0 Å². The zero-order valence-electron chi connectivity index (χ0n) is 18.9. The standard InChI is InChI=1S/C27H22Cl2N2O3/c1-15-8-16(2)10-19(9-15)11-20-6-5-18(13-23(20)29)12-22-25(32)30-27(34)31(26(22)33)24-14-21(28)7-4-17(24)3/h4-10,12-14H,11H2,1-3H3,(H,30,32,34)/b22-12+. The molecule has 1 heterocycles. The molecule has 0 saturated carbocycles. The van der Waals surface area contributed by atoms with E-state index in [1.807, 2.05) is 6.07 Å². The van der Waals surface area contributed by atoms with Gasteiger partial charge in [-0.05, 0) is 73.7 Å². The van der Waals surface area contributed by atoms with Gasteiger partial charge in [-0.15, -0.1) is 0 Å². The van der Waals surface area contributed by atoms with E-state index in [1.165, 1.54) is 23.3 Å². The highest BCUT2D eigenvalue weighted by atomic mass is 35.5. The molecule has 0 atom stereocenters. The van der Waals surface area contributed by atoms with E-state index in [0.29, 0.717) is 33.3 Å². The fourth-order valence-electron chi connectivity index (χ4n) is 4.05. The molecule has 3 aromatic rings. The molecule has 4 rings (SSSR count). The van der Waals surface area contributed by atoms with Crippen molar-refractivity contribution in [2.24, 2.45) is 0 Å². The SMILES string of the molecule is Cc1cc(C)cc(Cc2ccc(/C=C3\C(=O)NC(=O)N(c4cc(Cl)ccc4C)C3=O)cc2Cl)c1. The van der Waals surface area contributed by atoms with Gasteiger partial charge in [-0.2, -0.15) is 0 Å². The molecular weight excluding hydrogens is 471 g/mol. The smallest absolute Gasteiger partial charge is 0.273 e. The summed E-state index contributed by atoms with van der Waals surface area (Å²) < 4.78 is 0. The van der Waals surface area contributed by atoms with Gasteiger partial charge in [-0.3, -0.25) is 14.9 Å². The van der Waals surface area contributed by atoms with Gasteiger partial charge in [-0.25, -0.2) is 9.69 Å². The molecule has 34 heavy (non-hydrogen) atoms. The Bertz CT molecular complexity index is 1360. The molecule has 3 aromatic carbocycles. The maximum Gasteiger partial charge on any atom is 0.335 e. The van der Waals surface area contributed by atoms with Crippen LogP contribution in [0.2, 0.25) is 10.0 Å². The summed E-state index contributed by atoms with van der Waals surface area (Å²) in [5.41, 5.74) is 5.84. The number of imide groups is 2. The lowest BCUT2D eigenvalue weighted by atomic mass is 9.99. The first-order valence-corrected chi connectivity index (χ1v) is 11.4. The second-order valence-electron chi connectivity index (χ2n) is 8.41. The van der Waals surface area contributed by atoms with Crippen LogP contribution in [-0.2, 0) is 16.0 Å². The molecule has 5 nitrogen and oxygen atoms in total. The molecular formula is C27H22Cl2N2O3. The number of benzene rings is 3. The van der Waals surface area contributed by atoms with Crippen LogP contribution in [0.5, 0.6) is 0 Å². The maximum atomic E-state index is 13.2. The van der Waals surface area contributed by atoms with Crippen LogP contribution in [0.1, 0.15) is 33.4 Å². The molecule has 172 valence electrons. The fourth-order valence-corrected chi connectivity index (χ4v) is 4.48. The van der Waals surface area contributed by atoms with E-state index in [1.54, 1.807) is 31.2 Å². The Kier molecular flexibility index (Phi) is 6.60. The van der Waals surface area contributed by atoms with Crippen molar-refractivity contribution in [2.45, 2.75) is 27.2 Å². The van der Waals surface area contributed by atoms with Crippen molar-refractivity contribution in [3.63, 3.8) is 0 Å². The van der Waals surface area contributed by atoms with Crippen LogP contribution in [-0.4, -0.2) is 17.8 Å². The lowest BCUT2D eigenvalue weighted by Gasteiger charge is -2.27. The first-order chi connectivity index (χ1) is 16.1. The lowest BCUT2D eigenvalue weighted by Crippen LogP contribution is -2.54. The van der Waals surface area contributed by atoms with Crippen molar-refractivity contribution in [3.8, 4) is 0 Å².